The zero-order valence-corrected chi connectivity index (χ0v) is 17.1. The van der Waals surface area contributed by atoms with Gasteiger partial charge < -0.3 is 10.1 Å². The molecule has 4 rings (SSSR count). The lowest BCUT2D eigenvalue weighted by Crippen LogP contribution is -2.39. The average molecular weight is 413 g/mol. The molecule has 0 radical (unpaired) electrons. The third-order valence-electron chi connectivity index (χ3n) is 5.16. The van der Waals surface area contributed by atoms with Crippen molar-refractivity contribution in [2.75, 3.05) is 0 Å². The zero-order chi connectivity index (χ0) is 21.6. The number of amides is 2. The average Bonchev–Trinajstić information content (AvgIpc) is 2.83. The first-order valence-corrected chi connectivity index (χ1v) is 10.1. The van der Waals surface area contributed by atoms with Crippen molar-refractivity contribution >= 4 is 17.5 Å². The van der Waals surface area contributed by atoms with Crippen LogP contribution in [0.15, 0.2) is 90.0 Å². The zero-order valence-electron chi connectivity index (χ0n) is 17.1. The van der Waals surface area contributed by atoms with E-state index in [4.69, 9.17) is 4.74 Å². The number of fused-ring (bicyclic) bond motifs is 1. The number of carbonyl (C=O) groups is 2. The second-order valence-electron chi connectivity index (χ2n) is 7.32. The molecule has 0 aromatic heterocycles. The molecule has 2 atom stereocenters. The fourth-order valence-electron chi connectivity index (χ4n) is 3.50. The van der Waals surface area contributed by atoms with Crippen LogP contribution < -0.4 is 15.5 Å². The van der Waals surface area contributed by atoms with Crippen molar-refractivity contribution in [3.63, 3.8) is 0 Å². The number of hydrogen-bond donors (Lipinski definition) is 2. The Kier molecular flexibility index (Phi) is 6.08. The first-order valence-electron chi connectivity index (χ1n) is 10.1. The number of hydrogen-bond acceptors (Lipinski definition) is 4. The van der Waals surface area contributed by atoms with Crippen LogP contribution in [-0.4, -0.2) is 17.5 Å². The SMILES string of the molecule is CC(NC(=O)C(=O)N/N=C1/CC(c2ccccc2)Oc2ccccc21)c1ccccc1. The van der Waals surface area contributed by atoms with Crippen LogP contribution in [0.25, 0.3) is 0 Å². The van der Waals surface area contributed by atoms with E-state index in [0.717, 1.165) is 16.7 Å². The lowest BCUT2D eigenvalue weighted by Gasteiger charge is -2.27. The van der Waals surface area contributed by atoms with Gasteiger partial charge in [-0.3, -0.25) is 9.59 Å². The fourth-order valence-corrected chi connectivity index (χ4v) is 3.50. The first-order chi connectivity index (χ1) is 15.1. The smallest absolute Gasteiger partial charge is 0.329 e. The number of hydrazone groups is 1. The van der Waals surface area contributed by atoms with Crippen LogP contribution in [0.5, 0.6) is 5.75 Å². The van der Waals surface area contributed by atoms with Gasteiger partial charge in [-0.1, -0.05) is 72.8 Å². The maximum absolute atomic E-state index is 12.4. The van der Waals surface area contributed by atoms with Crippen molar-refractivity contribution in [2.24, 2.45) is 5.10 Å². The van der Waals surface area contributed by atoms with Gasteiger partial charge in [0.25, 0.3) is 0 Å². The van der Waals surface area contributed by atoms with Crippen molar-refractivity contribution in [2.45, 2.75) is 25.5 Å². The summed E-state index contributed by atoms with van der Waals surface area (Å²) in [5, 5.41) is 6.97. The summed E-state index contributed by atoms with van der Waals surface area (Å²) in [5.74, 6) is -0.853. The standard InChI is InChI=1S/C25H23N3O3/c1-17(18-10-4-2-5-11-18)26-24(29)25(30)28-27-21-16-23(19-12-6-3-7-13-19)31-22-15-9-8-14-20(21)22/h2-15,17,23H,16H2,1H3,(H,26,29)(H,28,30)/b27-21-. The molecule has 0 aliphatic carbocycles. The molecular formula is C25H23N3O3. The van der Waals surface area contributed by atoms with Gasteiger partial charge in [-0.05, 0) is 30.2 Å². The summed E-state index contributed by atoms with van der Waals surface area (Å²) >= 11 is 0. The second-order valence-corrected chi connectivity index (χ2v) is 7.32. The molecule has 0 saturated heterocycles. The lowest BCUT2D eigenvalue weighted by atomic mass is 9.96. The molecule has 1 aliphatic heterocycles. The van der Waals surface area contributed by atoms with E-state index in [1.807, 2.05) is 91.9 Å². The molecule has 0 spiro atoms. The summed E-state index contributed by atoms with van der Waals surface area (Å²) in [6.45, 7) is 1.82. The van der Waals surface area contributed by atoms with Crippen molar-refractivity contribution in [1.29, 1.82) is 0 Å². The lowest BCUT2D eigenvalue weighted by molar-refractivity contribution is -0.139. The number of nitrogens with zero attached hydrogens (tertiary/aromatic N) is 1. The van der Waals surface area contributed by atoms with Crippen molar-refractivity contribution in [3.8, 4) is 5.75 Å². The molecule has 3 aromatic rings. The third-order valence-corrected chi connectivity index (χ3v) is 5.16. The van der Waals surface area contributed by atoms with Gasteiger partial charge in [0.1, 0.15) is 11.9 Å². The molecule has 1 aliphatic rings. The van der Waals surface area contributed by atoms with E-state index in [2.05, 4.69) is 15.8 Å². The normalized spacial score (nSPS) is 17.2. The van der Waals surface area contributed by atoms with Crippen LogP contribution in [0.2, 0.25) is 0 Å². The van der Waals surface area contributed by atoms with E-state index < -0.39 is 11.8 Å². The largest absolute Gasteiger partial charge is 0.485 e. The highest BCUT2D eigenvalue weighted by atomic mass is 16.5. The van der Waals surface area contributed by atoms with Crippen LogP contribution in [0.4, 0.5) is 0 Å². The summed E-state index contributed by atoms with van der Waals surface area (Å²) in [5.41, 5.74) is 5.80. The molecular weight excluding hydrogens is 390 g/mol. The molecule has 0 bridgehead atoms. The Bertz CT molecular complexity index is 1100. The van der Waals surface area contributed by atoms with Crippen LogP contribution in [-0.2, 0) is 9.59 Å². The highest BCUT2D eigenvalue weighted by molar-refractivity contribution is 6.35. The molecule has 156 valence electrons. The minimum Gasteiger partial charge on any atom is -0.485 e. The van der Waals surface area contributed by atoms with E-state index in [0.29, 0.717) is 17.9 Å². The van der Waals surface area contributed by atoms with Gasteiger partial charge in [-0.15, -0.1) is 0 Å². The molecule has 2 unspecified atom stereocenters. The summed E-state index contributed by atoms with van der Waals surface area (Å²) in [4.78, 5) is 24.7. The van der Waals surface area contributed by atoms with E-state index in [1.54, 1.807) is 0 Å². The van der Waals surface area contributed by atoms with Crippen LogP contribution >= 0.6 is 0 Å². The number of nitrogens with one attached hydrogen (secondary N) is 2. The van der Waals surface area contributed by atoms with Crippen LogP contribution in [0.3, 0.4) is 0 Å². The molecule has 1 heterocycles. The van der Waals surface area contributed by atoms with Crippen molar-refractivity contribution < 1.29 is 14.3 Å². The Balaban J connectivity index is 1.48. The van der Waals surface area contributed by atoms with E-state index >= 15 is 0 Å². The topological polar surface area (TPSA) is 79.8 Å². The fraction of sp³-hybridized carbons (Fsp3) is 0.160. The highest BCUT2D eigenvalue weighted by Crippen LogP contribution is 2.34. The molecule has 6 heteroatoms. The second kappa shape index (κ2) is 9.26. The first kappa shape index (κ1) is 20.3. The summed E-state index contributed by atoms with van der Waals surface area (Å²) in [6, 6.07) is 26.5. The number of benzene rings is 3. The molecule has 2 amide bonds. The van der Waals surface area contributed by atoms with Gasteiger partial charge in [-0.25, -0.2) is 5.43 Å². The van der Waals surface area contributed by atoms with E-state index in [-0.39, 0.29) is 12.1 Å². The summed E-state index contributed by atoms with van der Waals surface area (Å²) in [7, 11) is 0. The summed E-state index contributed by atoms with van der Waals surface area (Å²) < 4.78 is 6.13. The molecule has 2 N–H and O–H groups in total. The van der Waals surface area contributed by atoms with E-state index in [1.165, 1.54) is 0 Å². The minimum absolute atomic E-state index is 0.223. The Hall–Kier alpha value is -3.93. The predicted octanol–water partition coefficient (Wildman–Crippen LogP) is 3.91. The van der Waals surface area contributed by atoms with Gasteiger partial charge in [0.2, 0.25) is 0 Å². The number of carbonyl (C=O) groups excluding carboxylic acids is 2. The Morgan fingerprint density at radius 3 is 2.29 bits per heavy atom. The van der Waals surface area contributed by atoms with Crippen LogP contribution in [0, 0.1) is 0 Å². The molecule has 0 fully saturated rings. The summed E-state index contributed by atoms with van der Waals surface area (Å²) in [6.07, 6.45) is 0.252. The van der Waals surface area contributed by atoms with Gasteiger partial charge in [0.15, 0.2) is 0 Å². The Morgan fingerprint density at radius 2 is 1.55 bits per heavy atom. The molecule has 0 saturated carbocycles. The van der Waals surface area contributed by atoms with E-state index in [9.17, 15) is 9.59 Å². The highest BCUT2D eigenvalue weighted by Gasteiger charge is 2.26. The Morgan fingerprint density at radius 1 is 0.903 bits per heavy atom. The van der Waals surface area contributed by atoms with Gasteiger partial charge >= 0.3 is 11.8 Å². The number of para-hydroxylation sites is 1. The van der Waals surface area contributed by atoms with Crippen molar-refractivity contribution in [3.05, 3.63) is 102 Å². The maximum atomic E-state index is 12.4. The predicted molar refractivity (Wildman–Crippen MR) is 119 cm³/mol. The van der Waals surface area contributed by atoms with Gasteiger partial charge in [-0.2, -0.15) is 5.10 Å². The molecule has 31 heavy (non-hydrogen) atoms. The molecule has 3 aromatic carbocycles. The maximum Gasteiger partial charge on any atom is 0.329 e. The van der Waals surface area contributed by atoms with Gasteiger partial charge in [0, 0.05) is 12.0 Å². The quantitative estimate of drug-likeness (QED) is 0.503. The third kappa shape index (κ3) is 4.80. The van der Waals surface area contributed by atoms with Crippen LogP contribution in [0.1, 0.15) is 42.2 Å². The number of rotatable bonds is 4. The molecule has 6 nitrogen and oxygen atoms in total. The van der Waals surface area contributed by atoms with Crippen molar-refractivity contribution in [1.82, 2.24) is 10.7 Å². The minimum atomic E-state index is -0.810. The Labute approximate surface area is 180 Å². The number of ether oxygens (including phenoxy) is 1. The van der Waals surface area contributed by atoms with Gasteiger partial charge in [0.05, 0.1) is 11.8 Å². The monoisotopic (exact) mass is 413 g/mol.